The van der Waals surface area contributed by atoms with Gasteiger partial charge in [0.05, 0.1) is 19.1 Å². The monoisotopic (exact) mass is 213 g/mol. The molecular weight excluding hydrogens is 198 g/mol. The second kappa shape index (κ2) is 4.69. The number of hydrogen-bond acceptors (Lipinski definition) is 6. The van der Waals surface area contributed by atoms with Gasteiger partial charge in [-0.1, -0.05) is 5.16 Å². The molecule has 1 aliphatic heterocycles. The van der Waals surface area contributed by atoms with Crippen LogP contribution in [0.4, 0.5) is 0 Å². The van der Waals surface area contributed by atoms with E-state index in [9.17, 15) is 0 Å². The summed E-state index contributed by atoms with van der Waals surface area (Å²) in [6.45, 7) is 1.69. The van der Waals surface area contributed by atoms with Crippen molar-refractivity contribution in [3.8, 4) is 0 Å². The van der Waals surface area contributed by atoms with Gasteiger partial charge in [0.2, 0.25) is 5.89 Å². The summed E-state index contributed by atoms with van der Waals surface area (Å²) in [5.74, 6) is 1.35. The molecule has 1 aromatic rings. The SMILES string of the molecule is CNC1COCC1c1nc(COC)no1. The number of hydrogen-bond donors (Lipinski definition) is 1. The van der Waals surface area contributed by atoms with Gasteiger partial charge in [-0.3, -0.25) is 0 Å². The minimum Gasteiger partial charge on any atom is -0.379 e. The van der Waals surface area contributed by atoms with Gasteiger partial charge in [-0.2, -0.15) is 4.98 Å². The van der Waals surface area contributed by atoms with Gasteiger partial charge in [-0.05, 0) is 7.05 Å². The van der Waals surface area contributed by atoms with Gasteiger partial charge in [0.25, 0.3) is 0 Å². The Balaban J connectivity index is 2.07. The lowest BCUT2D eigenvalue weighted by molar-refractivity contribution is 0.174. The maximum Gasteiger partial charge on any atom is 0.233 e. The first-order chi connectivity index (χ1) is 7.35. The van der Waals surface area contributed by atoms with Crippen LogP contribution in [-0.2, 0) is 16.1 Å². The summed E-state index contributed by atoms with van der Waals surface area (Å²) in [6, 6.07) is 0.251. The molecule has 0 spiro atoms. The topological polar surface area (TPSA) is 69.4 Å². The van der Waals surface area contributed by atoms with Crippen molar-refractivity contribution in [3.05, 3.63) is 11.7 Å². The fraction of sp³-hybridized carbons (Fsp3) is 0.778. The molecule has 0 aliphatic carbocycles. The highest BCUT2D eigenvalue weighted by molar-refractivity contribution is 5.01. The van der Waals surface area contributed by atoms with Gasteiger partial charge < -0.3 is 19.3 Å². The third kappa shape index (κ3) is 2.17. The lowest BCUT2D eigenvalue weighted by Crippen LogP contribution is -2.31. The molecule has 0 aromatic carbocycles. The molecule has 2 atom stereocenters. The molecule has 1 N–H and O–H groups in total. The van der Waals surface area contributed by atoms with Crippen LogP contribution in [-0.4, -0.2) is 43.6 Å². The number of rotatable bonds is 4. The molecule has 2 heterocycles. The van der Waals surface area contributed by atoms with Gasteiger partial charge in [0.15, 0.2) is 5.82 Å². The van der Waals surface area contributed by atoms with E-state index in [4.69, 9.17) is 14.0 Å². The van der Waals surface area contributed by atoms with Crippen molar-refractivity contribution < 1.29 is 14.0 Å². The van der Waals surface area contributed by atoms with Gasteiger partial charge >= 0.3 is 0 Å². The Morgan fingerprint density at radius 3 is 3.13 bits per heavy atom. The minimum absolute atomic E-state index is 0.146. The number of nitrogens with one attached hydrogen (secondary N) is 1. The smallest absolute Gasteiger partial charge is 0.233 e. The fourth-order valence-electron chi connectivity index (χ4n) is 1.69. The van der Waals surface area contributed by atoms with Crippen molar-refractivity contribution in [3.63, 3.8) is 0 Å². The van der Waals surface area contributed by atoms with Crippen LogP contribution < -0.4 is 5.32 Å². The van der Waals surface area contributed by atoms with Crippen molar-refractivity contribution >= 4 is 0 Å². The Kier molecular flexibility index (Phi) is 3.30. The van der Waals surface area contributed by atoms with Crippen molar-refractivity contribution in [2.45, 2.75) is 18.6 Å². The van der Waals surface area contributed by atoms with E-state index in [1.807, 2.05) is 7.05 Å². The second-order valence-electron chi connectivity index (χ2n) is 3.52. The van der Waals surface area contributed by atoms with Crippen LogP contribution in [0.1, 0.15) is 17.6 Å². The molecule has 0 radical (unpaired) electrons. The number of methoxy groups -OCH3 is 1. The van der Waals surface area contributed by atoms with Crippen LogP contribution in [0.3, 0.4) is 0 Å². The molecule has 0 bridgehead atoms. The van der Waals surface area contributed by atoms with Crippen molar-refractivity contribution in [1.82, 2.24) is 15.5 Å². The summed E-state index contributed by atoms with van der Waals surface area (Å²) >= 11 is 0. The maximum atomic E-state index is 5.36. The molecule has 2 unspecified atom stereocenters. The summed E-state index contributed by atoms with van der Waals surface area (Å²) in [5.41, 5.74) is 0. The van der Waals surface area contributed by atoms with E-state index >= 15 is 0 Å². The maximum absolute atomic E-state index is 5.36. The van der Waals surface area contributed by atoms with E-state index < -0.39 is 0 Å². The molecule has 1 saturated heterocycles. The molecule has 2 rings (SSSR count). The zero-order chi connectivity index (χ0) is 10.7. The van der Waals surface area contributed by atoms with Crippen LogP contribution in [0.5, 0.6) is 0 Å². The van der Waals surface area contributed by atoms with E-state index in [2.05, 4.69) is 15.5 Å². The molecule has 6 nitrogen and oxygen atoms in total. The Labute approximate surface area is 87.9 Å². The average Bonchev–Trinajstić information content (AvgIpc) is 2.84. The summed E-state index contributed by atoms with van der Waals surface area (Å²) in [6.07, 6.45) is 0. The van der Waals surface area contributed by atoms with Crippen LogP contribution in [0.25, 0.3) is 0 Å². The normalized spacial score (nSPS) is 26.0. The second-order valence-corrected chi connectivity index (χ2v) is 3.52. The van der Waals surface area contributed by atoms with E-state index in [-0.39, 0.29) is 12.0 Å². The highest BCUT2D eigenvalue weighted by atomic mass is 16.5. The van der Waals surface area contributed by atoms with Crippen molar-refractivity contribution in [2.24, 2.45) is 0 Å². The predicted molar refractivity (Wildman–Crippen MR) is 51.4 cm³/mol. The van der Waals surface area contributed by atoms with Gasteiger partial charge in [-0.15, -0.1) is 0 Å². The molecule has 1 aliphatic rings. The van der Waals surface area contributed by atoms with Gasteiger partial charge in [0.1, 0.15) is 6.61 Å². The molecule has 1 aromatic heterocycles. The zero-order valence-electron chi connectivity index (χ0n) is 8.90. The number of nitrogens with zero attached hydrogens (tertiary/aromatic N) is 2. The molecule has 0 amide bonds. The zero-order valence-corrected chi connectivity index (χ0v) is 8.90. The third-order valence-electron chi connectivity index (χ3n) is 2.53. The van der Waals surface area contributed by atoms with E-state index in [0.29, 0.717) is 31.5 Å². The summed E-state index contributed by atoms with van der Waals surface area (Å²) in [7, 11) is 3.50. The molecule has 84 valence electrons. The Hall–Kier alpha value is -0.980. The quantitative estimate of drug-likeness (QED) is 0.754. The number of aromatic nitrogens is 2. The predicted octanol–water partition coefficient (Wildman–Crippen LogP) is -0.0822. The number of likely N-dealkylation sites (N-methyl/N-ethyl adjacent to an activating group) is 1. The van der Waals surface area contributed by atoms with E-state index in [0.717, 1.165) is 0 Å². The Bertz CT molecular complexity index is 315. The van der Waals surface area contributed by atoms with Crippen LogP contribution in [0, 0.1) is 0 Å². The molecule has 6 heteroatoms. The van der Waals surface area contributed by atoms with Crippen molar-refractivity contribution in [1.29, 1.82) is 0 Å². The Morgan fingerprint density at radius 2 is 2.40 bits per heavy atom. The first-order valence-electron chi connectivity index (χ1n) is 4.91. The fourth-order valence-corrected chi connectivity index (χ4v) is 1.69. The highest BCUT2D eigenvalue weighted by Crippen LogP contribution is 2.24. The number of ether oxygens (including phenoxy) is 2. The highest BCUT2D eigenvalue weighted by Gasteiger charge is 2.32. The molecule has 1 fully saturated rings. The lowest BCUT2D eigenvalue weighted by atomic mass is 10.0. The first-order valence-corrected chi connectivity index (χ1v) is 4.91. The Morgan fingerprint density at radius 1 is 1.53 bits per heavy atom. The minimum atomic E-state index is 0.146. The standard InChI is InChI=1S/C9H15N3O3/c1-10-7-4-14-3-6(7)9-11-8(5-13-2)12-15-9/h6-7,10H,3-5H2,1-2H3. The van der Waals surface area contributed by atoms with Crippen LogP contribution in [0.15, 0.2) is 4.52 Å². The van der Waals surface area contributed by atoms with E-state index in [1.54, 1.807) is 7.11 Å². The average molecular weight is 213 g/mol. The largest absolute Gasteiger partial charge is 0.379 e. The molecule has 0 saturated carbocycles. The van der Waals surface area contributed by atoms with E-state index in [1.165, 1.54) is 0 Å². The third-order valence-corrected chi connectivity index (χ3v) is 2.53. The molecular formula is C9H15N3O3. The summed E-state index contributed by atoms with van der Waals surface area (Å²) in [5, 5.41) is 6.99. The van der Waals surface area contributed by atoms with Crippen molar-refractivity contribution in [2.75, 3.05) is 27.4 Å². The first kappa shape index (κ1) is 10.5. The van der Waals surface area contributed by atoms with Crippen LogP contribution in [0.2, 0.25) is 0 Å². The summed E-state index contributed by atoms with van der Waals surface area (Å²) < 4.78 is 15.5. The molecule has 15 heavy (non-hydrogen) atoms. The van der Waals surface area contributed by atoms with Gasteiger partial charge in [0, 0.05) is 13.2 Å². The summed E-state index contributed by atoms with van der Waals surface area (Å²) in [4.78, 5) is 4.26. The lowest BCUT2D eigenvalue weighted by Gasteiger charge is -2.11. The van der Waals surface area contributed by atoms with Gasteiger partial charge in [-0.25, -0.2) is 0 Å². The van der Waals surface area contributed by atoms with Crippen LogP contribution >= 0.6 is 0 Å².